The summed E-state index contributed by atoms with van der Waals surface area (Å²) < 4.78 is 117. The van der Waals surface area contributed by atoms with Crippen LogP contribution < -0.4 is 51.4 Å². The minimum absolute atomic E-state index is 0. The molecule has 0 N–H and O–H groups in total. The average molecular weight is 403 g/mol. The number of terminal acetylenes is 1. The Labute approximate surface area is 173 Å². The van der Waals surface area contributed by atoms with Gasteiger partial charge in [0.1, 0.15) is 0 Å². The Balaban J connectivity index is -0.0000000714. The molecule has 0 spiro atoms. The summed E-state index contributed by atoms with van der Waals surface area (Å²) in [5, 5.41) is 0. The molecule has 0 fully saturated rings. The number of benzene rings is 1. The van der Waals surface area contributed by atoms with Crippen molar-refractivity contribution in [2.45, 2.75) is 0 Å². The van der Waals surface area contributed by atoms with Gasteiger partial charge in [-0.1, -0.05) is 24.1 Å². The molecule has 0 aromatic heterocycles. The van der Waals surface area contributed by atoms with Crippen molar-refractivity contribution in [1.82, 2.24) is 0 Å². The van der Waals surface area contributed by atoms with Crippen molar-refractivity contribution in [3.63, 3.8) is 0 Å². The number of rotatable bonds is 0. The van der Waals surface area contributed by atoms with Crippen molar-refractivity contribution in [2.75, 3.05) is 0 Å². The smallest absolute Gasteiger partial charge is 1.00 e. The Hall–Kier alpha value is -0.229. The van der Waals surface area contributed by atoms with Crippen molar-refractivity contribution in [1.29, 1.82) is 0 Å². The largest absolute Gasteiger partial charge is 1.00 e. The van der Waals surface area contributed by atoms with Crippen molar-refractivity contribution >= 4 is 21.8 Å². The number of hydrogen-bond donors (Lipinski definition) is 0. The van der Waals surface area contributed by atoms with E-state index in [0.29, 0.717) is 0 Å². The van der Waals surface area contributed by atoms with E-state index in [1.165, 1.54) is 0 Å². The summed E-state index contributed by atoms with van der Waals surface area (Å²) in [5.74, 6) is 2.53. The zero-order valence-corrected chi connectivity index (χ0v) is 14.9. The van der Waals surface area contributed by atoms with Gasteiger partial charge < -0.3 is 53.2 Å². The van der Waals surface area contributed by atoms with Crippen LogP contribution in [0.2, 0.25) is 0 Å². The molecular weight excluding hydrogens is 396 g/mol. The van der Waals surface area contributed by atoms with Gasteiger partial charge in [0.25, 0.3) is 0 Å². The van der Waals surface area contributed by atoms with E-state index in [1.807, 2.05) is 30.3 Å². The van der Waals surface area contributed by atoms with Gasteiger partial charge in [0.15, 0.2) is 0 Å². The molecule has 0 amide bonds. The molecule has 0 atom stereocenters. The molecule has 16 heteroatoms. The van der Waals surface area contributed by atoms with Gasteiger partial charge in [-0.15, -0.1) is 6.42 Å². The summed E-state index contributed by atoms with van der Waals surface area (Å²) in [6, 6.07) is 9.60. The Kier molecular flexibility index (Phi) is 19.8. The van der Waals surface area contributed by atoms with Crippen LogP contribution in [0.4, 0.5) is 51.8 Å². The third-order valence-corrected chi connectivity index (χ3v) is 0.940. The van der Waals surface area contributed by atoms with Crippen LogP contribution in [0, 0.1) is 12.3 Å². The Morgan fingerprint density at radius 1 is 0.625 bits per heavy atom. The molecule has 0 aliphatic rings. The molecule has 0 bridgehead atoms. The van der Waals surface area contributed by atoms with Crippen molar-refractivity contribution in [2.24, 2.45) is 0 Å². The van der Waals surface area contributed by atoms with Crippen molar-refractivity contribution in [3.05, 3.63) is 35.9 Å². The average Bonchev–Trinajstić information content (AvgIpc) is 2.23. The Morgan fingerprint density at radius 3 is 0.958 bits per heavy atom. The molecular formula is C8H7B3F12K-3. The maximum absolute atomic E-state index is 9.75. The van der Waals surface area contributed by atoms with Gasteiger partial charge >= 0.3 is 73.1 Å². The molecule has 1 aromatic carbocycles. The number of halogens is 12. The molecule has 136 valence electrons. The maximum Gasteiger partial charge on any atom is 1.00 e. The third kappa shape index (κ3) is 98.4. The van der Waals surface area contributed by atoms with E-state index in [-0.39, 0.29) is 52.8 Å². The Morgan fingerprint density at radius 2 is 0.833 bits per heavy atom. The van der Waals surface area contributed by atoms with Crippen molar-refractivity contribution in [3.8, 4) is 12.3 Å². The van der Waals surface area contributed by atoms with Gasteiger partial charge in [-0.3, -0.25) is 0 Å². The standard InChI is InChI=1S/C8H6.3BF4.K.H/c1-2-8-6-4-3-5-7-8;3*2-1(3,4)5;;/h1,3-7H;;;;;/q;3*-1;+1;-1. The quantitative estimate of drug-likeness (QED) is 0.356. The summed E-state index contributed by atoms with van der Waals surface area (Å²) in [6.45, 7) is 0. The monoisotopic (exact) mass is 403 g/mol. The first kappa shape index (κ1) is 31.5. The van der Waals surface area contributed by atoms with Crippen LogP contribution in [-0.4, -0.2) is 21.8 Å². The van der Waals surface area contributed by atoms with E-state index in [1.54, 1.807) is 0 Å². The second kappa shape index (κ2) is 15.1. The molecule has 0 heterocycles. The molecule has 0 unspecified atom stereocenters. The van der Waals surface area contributed by atoms with Crippen LogP contribution in [0.3, 0.4) is 0 Å². The van der Waals surface area contributed by atoms with E-state index in [9.17, 15) is 51.8 Å². The predicted octanol–water partition coefficient (Wildman–Crippen LogP) is 2.68. The minimum atomic E-state index is -6.00. The fourth-order valence-electron chi connectivity index (χ4n) is 0.534. The molecule has 0 nitrogen and oxygen atoms in total. The first-order valence-electron chi connectivity index (χ1n) is 5.07. The van der Waals surface area contributed by atoms with E-state index < -0.39 is 21.8 Å². The summed E-state index contributed by atoms with van der Waals surface area (Å²) in [5.41, 5.74) is 0.938. The van der Waals surface area contributed by atoms with Gasteiger partial charge in [-0.2, -0.15) is 0 Å². The van der Waals surface area contributed by atoms with Crippen LogP contribution in [0.25, 0.3) is 0 Å². The molecule has 0 saturated heterocycles. The normalized spacial score (nSPS) is 10.1. The first-order valence-corrected chi connectivity index (χ1v) is 5.07. The second-order valence-electron chi connectivity index (χ2n) is 2.99. The fraction of sp³-hybridized carbons (Fsp3) is 0. The summed E-state index contributed by atoms with van der Waals surface area (Å²) in [4.78, 5) is 0. The van der Waals surface area contributed by atoms with Gasteiger partial charge in [0, 0.05) is 5.56 Å². The number of hydrogen-bond acceptors (Lipinski definition) is 0. The van der Waals surface area contributed by atoms with Gasteiger partial charge in [0.2, 0.25) is 0 Å². The van der Waals surface area contributed by atoms with Crippen molar-refractivity contribution < 1.29 is 105 Å². The summed E-state index contributed by atoms with van der Waals surface area (Å²) >= 11 is 0. The maximum atomic E-state index is 9.75. The van der Waals surface area contributed by atoms with Crippen LogP contribution in [-0.2, 0) is 0 Å². The topological polar surface area (TPSA) is 0 Å². The van der Waals surface area contributed by atoms with Gasteiger partial charge in [0.05, 0.1) is 0 Å². The van der Waals surface area contributed by atoms with E-state index in [0.717, 1.165) is 5.56 Å². The second-order valence-corrected chi connectivity index (χ2v) is 2.99. The molecule has 24 heavy (non-hydrogen) atoms. The van der Waals surface area contributed by atoms with Crippen LogP contribution in [0.1, 0.15) is 6.99 Å². The zero-order valence-electron chi connectivity index (χ0n) is 12.7. The molecule has 0 aliphatic heterocycles. The predicted molar refractivity (Wildman–Crippen MR) is 66.0 cm³/mol. The molecule has 0 radical (unpaired) electrons. The first-order chi connectivity index (χ1) is 9.93. The van der Waals surface area contributed by atoms with E-state index >= 15 is 0 Å². The van der Waals surface area contributed by atoms with E-state index in [4.69, 9.17) is 6.42 Å². The fourth-order valence-corrected chi connectivity index (χ4v) is 0.534. The SMILES string of the molecule is C#Cc1ccccc1.F[B-](F)(F)F.F[B-](F)(F)F.F[B-](F)(F)F.[H-].[K+]. The third-order valence-electron chi connectivity index (χ3n) is 0.940. The van der Waals surface area contributed by atoms with Gasteiger partial charge in [-0.25, -0.2) is 0 Å². The molecule has 0 aliphatic carbocycles. The van der Waals surface area contributed by atoms with Gasteiger partial charge in [-0.05, 0) is 12.1 Å². The van der Waals surface area contributed by atoms with Crippen LogP contribution >= 0.6 is 0 Å². The minimum Gasteiger partial charge on any atom is -1.00 e. The summed E-state index contributed by atoms with van der Waals surface area (Å²) in [7, 11) is -18.0. The van der Waals surface area contributed by atoms with E-state index in [2.05, 4.69) is 5.92 Å². The summed E-state index contributed by atoms with van der Waals surface area (Å²) in [6.07, 6.45) is 5.10. The van der Waals surface area contributed by atoms with Crippen LogP contribution in [0.15, 0.2) is 30.3 Å². The molecule has 1 aromatic rings. The van der Waals surface area contributed by atoms with Crippen LogP contribution in [0.5, 0.6) is 0 Å². The Bertz CT molecular complexity index is 394. The molecule has 1 rings (SSSR count). The zero-order chi connectivity index (χ0) is 19.3. The molecule has 0 saturated carbocycles.